The standard InChI is InChI=1S/C7H15NO3S/c1-6-3-8(4-7(2)9)12(10,11)5-6/h6-7,9H,3-5H2,1-2H3. The molecule has 2 unspecified atom stereocenters. The van der Waals surface area contributed by atoms with E-state index < -0.39 is 16.1 Å². The molecule has 1 saturated heterocycles. The Labute approximate surface area is 73.2 Å². The van der Waals surface area contributed by atoms with Crippen LogP contribution in [-0.4, -0.2) is 42.8 Å². The van der Waals surface area contributed by atoms with Crippen LogP contribution in [0.2, 0.25) is 0 Å². The fraction of sp³-hybridized carbons (Fsp3) is 1.00. The molecule has 1 fully saturated rings. The fourth-order valence-electron chi connectivity index (χ4n) is 1.46. The lowest BCUT2D eigenvalue weighted by Crippen LogP contribution is -2.32. The zero-order valence-corrected chi connectivity index (χ0v) is 8.21. The van der Waals surface area contributed by atoms with E-state index in [-0.39, 0.29) is 18.2 Å². The average molecular weight is 193 g/mol. The van der Waals surface area contributed by atoms with Crippen LogP contribution in [0.4, 0.5) is 0 Å². The molecule has 0 radical (unpaired) electrons. The van der Waals surface area contributed by atoms with Gasteiger partial charge < -0.3 is 5.11 Å². The van der Waals surface area contributed by atoms with E-state index in [9.17, 15) is 8.42 Å². The lowest BCUT2D eigenvalue weighted by atomic mass is 10.2. The molecule has 72 valence electrons. The summed E-state index contributed by atoms with van der Waals surface area (Å²) >= 11 is 0. The van der Waals surface area contributed by atoms with Crippen LogP contribution < -0.4 is 0 Å². The Balaban J connectivity index is 2.66. The van der Waals surface area contributed by atoms with Gasteiger partial charge in [0.05, 0.1) is 11.9 Å². The third-order valence-corrected chi connectivity index (χ3v) is 3.95. The van der Waals surface area contributed by atoms with E-state index in [2.05, 4.69) is 0 Å². The molecule has 5 heteroatoms. The molecule has 0 amide bonds. The first kappa shape index (κ1) is 9.95. The van der Waals surface area contributed by atoms with E-state index in [0.29, 0.717) is 6.54 Å². The first-order valence-corrected chi connectivity index (χ1v) is 5.68. The lowest BCUT2D eigenvalue weighted by Gasteiger charge is -2.15. The largest absolute Gasteiger partial charge is 0.392 e. The summed E-state index contributed by atoms with van der Waals surface area (Å²) < 4.78 is 24.0. The highest BCUT2D eigenvalue weighted by Crippen LogP contribution is 2.18. The monoisotopic (exact) mass is 193 g/mol. The van der Waals surface area contributed by atoms with Crippen molar-refractivity contribution in [1.82, 2.24) is 4.31 Å². The van der Waals surface area contributed by atoms with Crippen LogP contribution in [-0.2, 0) is 10.0 Å². The van der Waals surface area contributed by atoms with Gasteiger partial charge in [0.1, 0.15) is 0 Å². The Morgan fingerprint density at radius 1 is 1.67 bits per heavy atom. The molecule has 0 saturated carbocycles. The summed E-state index contributed by atoms with van der Waals surface area (Å²) in [6, 6.07) is 0. The highest BCUT2D eigenvalue weighted by atomic mass is 32.2. The molecular formula is C7H15NO3S. The Bertz CT molecular complexity index is 247. The van der Waals surface area contributed by atoms with Crippen molar-refractivity contribution < 1.29 is 13.5 Å². The maximum atomic E-state index is 11.3. The minimum Gasteiger partial charge on any atom is -0.392 e. The second kappa shape index (κ2) is 3.32. The van der Waals surface area contributed by atoms with Crippen LogP contribution in [0.25, 0.3) is 0 Å². The van der Waals surface area contributed by atoms with Gasteiger partial charge >= 0.3 is 0 Å². The minimum atomic E-state index is -3.06. The molecule has 1 rings (SSSR count). The zero-order chi connectivity index (χ0) is 9.35. The molecule has 12 heavy (non-hydrogen) atoms. The molecule has 1 aliphatic rings. The summed E-state index contributed by atoms with van der Waals surface area (Å²) in [7, 11) is -3.06. The van der Waals surface area contributed by atoms with Gasteiger partial charge in [0.25, 0.3) is 0 Å². The molecule has 2 atom stereocenters. The molecule has 4 nitrogen and oxygen atoms in total. The minimum absolute atomic E-state index is 0.189. The smallest absolute Gasteiger partial charge is 0.214 e. The van der Waals surface area contributed by atoms with Gasteiger partial charge in [0, 0.05) is 13.1 Å². The molecule has 0 spiro atoms. The molecular weight excluding hydrogens is 178 g/mol. The normalized spacial score (nSPS) is 32.1. The summed E-state index contributed by atoms with van der Waals surface area (Å²) in [6.07, 6.45) is -0.579. The molecule has 1 aliphatic heterocycles. The number of hydrogen-bond acceptors (Lipinski definition) is 3. The second-order valence-corrected chi connectivity index (χ2v) is 5.56. The van der Waals surface area contributed by atoms with Crippen LogP contribution >= 0.6 is 0 Å². The van der Waals surface area contributed by atoms with Gasteiger partial charge in [-0.05, 0) is 12.8 Å². The van der Waals surface area contributed by atoms with Gasteiger partial charge in [0.15, 0.2) is 0 Å². The van der Waals surface area contributed by atoms with Crippen LogP contribution in [0, 0.1) is 5.92 Å². The number of aliphatic hydroxyl groups is 1. The number of hydrogen-bond donors (Lipinski definition) is 1. The second-order valence-electron chi connectivity index (χ2n) is 3.55. The zero-order valence-electron chi connectivity index (χ0n) is 7.40. The van der Waals surface area contributed by atoms with E-state index in [1.54, 1.807) is 6.92 Å². The average Bonchev–Trinajstić information content (AvgIpc) is 2.04. The highest BCUT2D eigenvalue weighted by Gasteiger charge is 2.33. The maximum absolute atomic E-state index is 11.3. The van der Waals surface area contributed by atoms with E-state index in [1.165, 1.54) is 4.31 Å². The first-order valence-electron chi connectivity index (χ1n) is 4.07. The number of rotatable bonds is 2. The van der Waals surface area contributed by atoms with Crippen molar-refractivity contribution >= 4 is 10.0 Å². The van der Waals surface area contributed by atoms with Gasteiger partial charge in [-0.1, -0.05) is 6.92 Å². The molecule has 0 aromatic heterocycles. The van der Waals surface area contributed by atoms with Crippen molar-refractivity contribution in [3.63, 3.8) is 0 Å². The van der Waals surface area contributed by atoms with Crippen LogP contribution in [0.15, 0.2) is 0 Å². The van der Waals surface area contributed by atoms with Crippen LogP contribution in [0.5, 0.6) is 0 Å². The summed E-state index contributed by atoms with van der Waals surface area (Å²) in [5.41, 5.74) is 0. The summed E-state index contributed by atoms with van der Waals surface area (Å²) in [4.78, 5) is 0. The van der Waals surface area contributed by atoms with E-state index in [1.807, 2.05) is 6.92 Å². The van der Waals surface area contributed by atoms with E-state index in [4.69, 9.17) is 5.11 Å². The van der Waals surface area contributed by atoms with Crippen LogP contribution in [0.3, 0.4) is 0 Å². The molecule has 1 heterocycles. The Morgan fingerprint density at radius 3 is 2.58 bits per heavy atom. The molecule has 0 aromatic rings. The van der Waals surface area contributed by atoms with E-state index in [0.717, 1.165) is 0 Å². The summed E-state index contributed by atoms with van der Waals surface area (Å²) in [6.45, 7) is 4.28. The van der Waals surface area contributed by atoms with Gasteiger partial charge in [-0.25, -0.2) is 8.42 Å². The predicted molar refractivity (Wildman–Crippen MR) is 46.2 cm³/mol. The molecule has 1 N–H and O–H groups in total. The number of aliphatic hydroxyl groups excluding tert-OH is 1. The molecule has 0 aliphatic carbocycles. The SMILES string of the molecule is CC(O)CN1CC(C)CS1(=O)=O. The van der Waals surface area contributed by atoms with Gasteiger partial charge in [-0.15, -0.1) is 0 Å². The van der Waals surface area contributed by atoms with Crippen molar-refractivity contribution in [3.8, 4) is 0 Å². The highest BCUT2D eigenvalue weighted by molar-refractivity contribution is 7.89. The lowest BCUT2D eigenvalue weighted by molar-refractivity contribution is 0.164. The predicted octanol–water partition coefficient (Wildman–Crippen LogP) is -0.351. The van der Waals surface area contributed by atoms with Crippen molar-refractivity contribution in [2.24, 2.45) is 5.92 Å². The topological polar surface area (TPSA) is 57.6 Å². The van der Waals surface area contributed by atoms with Crippen molar-refractivity contribution in [2.45, 2.75) is 20.0 Å². The molecule has 0 bridgehead atoms. The van der Waals surface area contributed by atoms with Crippen molar-refractivity contribution in [1.29, 1.82) is 0 Å². The summed E-state index contributed by atoms with van der Waals surface area (Å²) in [5, 5.41) is 9.03. The van der Waals surface area contributed by atoms with Crippen molar-refractivity contribution in [3.05, 3.63) is 0 Å². The van der Waals surface area contributed by atoms with Gasteiger partial charge in [-0.2, -0.15) is 4.31 Å². The fourth-order valence-corrected chi connectivity index (χ4v) is 3.42. The van der Waals surface area contributed by atoms with Crippen LogP contribution in [0.1, 0.15) is 13.8 Å². The Hall–Kier alpha value is -0.130. The quantitative estimate of drug-likeness (QED) is 0.652. The summed E-state index contributed by atoms with van der Waals surface area (Å²) in [5.74, 6) is 0.411. The van der Waals surface area contributed by atoms with Gasteiger partial charge in [-0.3, -0.25) is 0 Å². The van der Waals surface area contributed by atoms with E-state index >= 15 is 0 Å². The third-order valence-electron chi connectivity index (χ3n) is 1.87. The molecule has 0 aromatic carbocycles. The first-order chi connectivity index (χ1) is 5.42. The Kier molecular flexibility index (Phi) is 2.75. The maximum Gasteiger partial charge on any atom is 0.214 e. The van der Waals surface area contributed by atoms with Gasteiger partial charge in [0.2, 0.25) is 10.0 Å². The number of sulfonamides is 1. The third kappa shape index (κ3) is 2.18. The van der Waals surface area contributed by atoms with Crippen molar-refractivity contribution in [2.75, 3.05) is 18.8 Å². The number of nitrogens with zero attached hydrogens (tertiary/aromatic N) is 1. The Morgan fingerprint density at radius 2 is 2.25 bits per heavy atom. The number of β-amino-alcohol motifs (C(OH)–C–C–N with tert-alkyl or cyclic N) is 1.